The van der Waals surface area contributed by atoms with Crippen molar-refractivity contribution >= 4 is 15.9 Å². The van der Waals surface area contributed by atoms with Crippen molar-refractivity contribution in [3.05, 3.63) is 24.3 Å². The fraction of sp³-hybridized carbons (Fsp3) is 0.455. The molecule has 0 heterocycles. The van der Waals surface area contributed by atoms with E-state index in [-0.39, 0.29) is 0 Å². The first-order chi connectivity index (χ1) is 7.93. The Labute approximate surface area is 106 Å². The fourth-order valence-electron chi connectivity index (χ4n) is 1.06. The van der Waals surface area contributed by atoms with Crippen molar-refractivity contribution in [3.8, 4) is 11.5 Å². The number of benzene rings is 1. The van der Waals surface area contributed by atoms with E-state index in [2.05, 4.69) is 15.9 Å². The molecule has 6 heteroatoms. The molecule has 1 aromatic carbocycles. The zero-order valence-electron chi connectivity index (χ0n) is 9.13. The number of halogens is 4. The van der Waals surface area contributed by atoms with Crippen molar-refractivity contribution in [1.29, 1.82) is 0 Å². The van der Waals surface area contributed by atoms with Crippen molar-refractivity contribution < 1.29 is 22.6 Å². The SMILES string of the molecule is CCOc1ccc(OCC(Br)C(F)(F)F)cc1. The topological polar surface area (TPSA) is 18.5 Å². The maximum Gasteiger partial charge on any atom is 0.404 e. The molecule has 0 saturated carbocycles. The average Bonchev–Trinajstić information content (AvgIpc) is 2.27. The van der Waals surface area contributed by atoms with Crippen molar-refractivity contribution in [2.24, 2.45) is 0 Å². The third-order valence-electron chi connectivity index (χ3n) is 1.89. The molecule has 0 aliphatic carbocycles. The highest BCUT2D eigenvalue weighted by Gasteiger charge is 2.38. The minimum atomic E-state index is -4.30. The van der Waals surface area contributed by atoms with Crippen LogP contribution in [0.4, 0.5) is 13.2 Å². The summed E-state index contributed by atoms with van der Waals surface area (Å²) >= 11 is 2.52. The Balaban J connectivity index is 2.47. The second-order valence-corrected chi connectivity index (χ2v) is 4.33. The molecule has 1 atom stereocenters. The van der Waals surface area contributed by atoms with Crippen LogP contribution in [-0.4, -0.2) is 24.2 Å². The zero-order valence-corrected chi connectivity index (χ0v) is 10.7. The van der Waals surface area contributed by atoms with E-state index in [1.807, 2.05) is 6.92 Å². The molecular formula is C11H12BrF3O2. The van der Waals surface area contributed by atoms with Gasteiger partial charge in [0.25, 0.3) is 0 Å². The number of rotatable bonds is 5. The third-order valence-corrected chi connectivity index (χ3v) is 2.67. The minimum Gasteiger partial charge on any atom is -0.494 e. The molecule has 0 fully saturated rings. The van der Waals surface area contributed by atoms with Crippen molar-refractivity contribution in [3.63, 3.8) is 0 Å². The van der Waals surface area contributed by atoms with E-state index in [0.29, 0.717) is 18.1 Å². The highest BCUT2D eigenvalue weighted by molar-refractivity contribution is 9.09. The van der Waals surface area contributed by atoms with E-state index >= 15 is 0 Å². The first kappa shape index (κ1) is 14.2. The zero-order chi connectivity index (χ0) is 12.9. The van der Waals surface area contributed by atoms with Crippen molar-refractivity contribution in [2.75, 3.05) is 13.2 Å². The summed E-state index contributed by atoms with van der Waals surface area (Å²) in [7, 11) is 0. The van der Waals surface area contributed by atoms with Crippen LogP contribution in [0, 0.1) is 0 Å². The quantitative estimate of drug-likeness (QED) is 0.770. The summed E-state index contributed by atoms with van der Waals surface area (Å²) in [6.45, 7) is 1.93. The molecule has 0 saturated heterocycles. The van der Waals surface area contributed by atoms with Gasteiger partial charge in [-0.05, 0) is 31.2 Å². The predicted octanol–water partition coefficient (Wildman–Crippen LogP) is 3.79. The van der Waals surface area contributed by atoms with Gasteiger partial charge < -0.3 is 9.47 Å². The van der Waals surface area contributed by atoms with E-state index in [4.69, 9.17) is 9.47 Å². The van der Waals surface area contributed by atoms with Gasteiger partial charge in [-0.2, -0.15) is 13.2 Å². The summed E-state index contributed by atoms with van der Waals surface area (Å²) in [5.41, 5.74) is 0. The molecule has 0 N–H and O–H groups in total. The van der Waals surface area contributed by atoms with Gasteiger partial charge in [0.1, 0.15) is 22.9 Å². The Morgan fingerprint density at radius 1 is 1.12 bits per heavy atom. The van der Waals surface area contributed by atoms with Gasteiger partial charge >= 0.3 is 6.18 Å². The van der Waals surface area contributed by atoms with Crippen LogP contribution in [0.15, 0.2) is 24.3 Å². The fourth-order valence-corrected chi connectivity index (χ4v) is 1.19. The summed E-state index contributed by atoms with van der Waals surface area (Å²) in [6, 6.07) is 6.44. The smallest absolute Gasteiger partial charge is 0.404 e. The summed E-state index contributed by atoms with van der Waals surface area (Å²) < 4.78 is 46.7. The molecule has 0 bridgehead atoms. The Morgan fingerprint density at radius 2 is 1.59 bits per heavy atom. The molecule has 17 heavy (non-hydrogen) atoms. The van der Waals surface area contributed by atoms with Gasteiger partial charge in [0, 0.05) is 0 Å². The predicted molar refractivity (Wildman–Crippen MR) is 61.9 cm³/mol. The lowest BCUT2D eigenvalue weighted by atomic mass is 10.3. The number of alkyl halides is 4. The summed E-state index contributed by atoms with van der Waals surface area (Å²) in [5, 5.41) is 0. The molecule has 0 aromatic heterocycles. The number of hydrogen-bond donors (Lipinski definition) is 0. The molecule has 1 rings (SSSR count). The van der Waals surface area contributed by atoms with Crippen LogP contribution >= 0.6 is 15.9 Å². The van der Waals surface area contributed by atoms with E-state index in [9.17, 15) is 13.2 Å². The molecule has 0 radical (unpaired) electrons. The second kappa shape index (κ2) is 6.14. The largest absolute Gasteiger partial charge is 0.494 e. The van der Waals surface area contributed by atoms with Crippen LogP contribution in [0.1, 0.15) is 6.92 Å². The average molecular weight is 313 g/mol. The Hall–Kier alpha value is -0.910. The van der Waals surface area contributed by atoms with Gasteiger partial charge in [-0.15, -0.1) is 0 Å². The molecule has 96 valence electrons. The van der Waals surface area contributed by atoms with E-state index in [1.165, 1.54) is 0 Å². The van der Waals surface area contributed by atoms with Gasteiger partial charge in [-0.25, -0.2) is 0 Å². The molecule has 1 aromatic rings. The standard InChI is InChI=1S/C11H12BrF3O2/c1-2-16-8-3-5-9(6-4-8)17-7-10(12)11(13,14)15/h3-6,10H,2,7H2,1H3. The van der Waals surface area contributed by atoms with E-state index in [0.717, 1.165) is 0 Å². The monoisotopic (exact) mass is 312 g/mol. The molecule has 0 amide bonds. The molecule has 1 unspecified atom stereocenters. The van der Waals surface area contributed by atoms with Crippen LogP contribution in [0.3, 0.4) is 0 Å². The normalized spacial score (nSPS) is 13.2. The van der Waals surface area contributed by atoms with E-state index < -0.39 is 17.6 Å². The highest BCUT2D eigenvalue weighted by Crippen LogP contribution is 2.27. The third kappa shape index (κ3) is 4.85. The Kier molecular flexibility index (Phi) is 5.11. The van der Waals surface area contributed by atoms with Crippen LogP contribution in [-0.2, 0) is 0 Å². The number of ether oxygens (including phenoxy) is 2. The van der Waals surface area contributed by atoms with Crippen LogP contribution in [0.5, 0.6) is 11.5 Å². The van der Waals surface area contributed by atoms with Gasteiger partial charge in [-0.1, -0.05) is 15.9 Å². The first-order valence-electron chi connectivity index (χ1n) is 5.00. The lowest BCUT2D eigenvalue weighted by Gasteiger charge is -2.14. The molecular weight excluding hydrogens is 301 g/mol. The van der Waals surface area contributed by atoms with Crippen LogP contribution < -0.4 is 9.47 Å². The Morgan fingerprint density at radius 3 is 2.00 bits per heavy atom. The highest BCUT2D eigenvalue weighted by atomic mass is 79.9. The number of hydrogen-bond acceptors (Lipinski definition) is 2. The van der Waals surface area contributed by atoms with Crippen LogP contribution in [0.25, 0.3) is 0 Å². The molecule has 0 aliphatic heterocycles. The summed E-state index contributed by atoms with van der Waals surface area (Å²) in [4.78, 5) is -1.67. The van der Waals surface area contributed by atoms with E-state index in [1.54, 1.807) is 24.3 Å². The minimum absolute atomic E-state index is 0.377. The maximum absolute atomic E-state index is 12.2. The van der Waals surface area contributed by atoms with Gasteiger partial charge in [0.15, 0.2) is 0 Å². The molecule has 2 nitrogen and oxygen atoms in total. The molecule has 0 aliphatic rings. The van der Waals surface area contributed by atoms with Gasteiger partial charge in [-0.3, -0.25) is 0 Å². The molecule has 0 spiro atoms. The lowest BCUT2D eigenvalue weighted by molar-refractivity contribution is -0.132. The second-order valence-electron chi connectivity index (χ2n) is 3.22. The van der Waals surface area contributed by atoms with Gasteiger partial charge in [0.05, 0.1) is 6.61 Å². The first-order valence-corrected chi connectivity index (χ1v) is 5.91. The lowest BCUT2D eigenvalue weighted by Crippen LogP contribution is -2.28. The maximum atomic E-state index is 12.2. The van der Waals surface area contributed by atoms with Crippen molar-refractivity contribution in [2.45, 2.75) is 17.9 Å². The van der Waals surface area contributed by atoms with Crippen LogP contribution in [0.2, 0.25) is 0 Å². The summed E-state index contributed by atoms with van der Waals surface area (Å²) in [6.07, 6.45) is -4.30. The summed E-state index contributed by atoms with van der Waals surface area (Å²) in [5.74, 6) is 1.04. The van der Waals surface area contributed by atoms with Crippen molar-refractivity contribution in [1.82, 2.24) is 0 Å². The Bertz CT molecular complexity index is 338. The van der Waals surface area contributed by atoms with Gasteiger partial charge in [0.2, 0.25) is 0 Å².